The molecule has 6 heteroatoms. The Kier molecular flexibility index (Phi) is 6.33. The molecular formula is C14H18Cl2N2O2. The Morgan fingerprint density at radius 2 is 2.30 bits per heavy atom. The maximum absolute atomic E-state index is 12.0. The molecule has 0 bridgehead atoms. The van der Waals surface area contributed by atoms with E-state index in [1.165, 1.54) is 6.08 Å². The summed E-state index contributed by atoms with van der Waals surface area (Å²) in [6, 6.07) is 5.38. The van der Waals surface area contributed by atoms with Crippen molar-refractivity contribution in [2.45, 2.75) is 12.5 Å². The van der Waals surface area contributed by atoms with Crippen LogP contribution in [0.3, 0.4) is 0 Å². The van der Waals surface area contributed by atoms with Crippen molar-refractivity contribution in [3.8, 4) is 5.75 Å². The first-order valence-corrected chi connectivity index (χ1v) is 6.54. The van der Waals surface area contributed by atoms with Crippen LogP contribution in [-0.2, 0) is 4.79 Å². The van der Waals surface area contributed by atoms with Crippen molar-refractivity contribution in [1.29, 1.82) is 0 Å². The van der Waals surface area contributed by atoms with Crippen LogP contribution < -0.4 is 10.5 Å². The SMILES string of the molecule is COc1ccc(Cl)cc1/C=C/C(=O)N1CC[C@@H](N)C1.Cl. The molecule has 1 fully saturated rings. The van der Waals surface area contributed by atoms with Gasteiger partial charge >= 0.3 is 0 Å². The molecule has 1 aliphatic heterocycles. The molecular weight excluding hydrogens is 299 g/mol. The first-order chi connectivity index (χ1) is 9.10. The van der Waals surface area contributed by atoms with Gasteiger partial charge in [-0.1, -0.05) is 11.6 Å². The zero-order valence-electron chi connectivity index (χ0n) is 11.2. The van der Waals surface area contributed by atoms with E-state index in [2.05, 4.69) is 0 Å². The summed E-state index contributed by atoms with van der Waals surface area (Å²) in [7, 11) is 1.59. The second kappa shape index (κ2) is 7.53. The summed E-state index contributed by atoms with van der Waals surface area (Å²) >= 11 is 5.93. The molecule has 0 radical (unpaired) electrons. The van der Waals surface area contributed by atoms with Gasteiger partial charge in [-0.2, -0.15) is 0 Å². The van der Waals surface area contributed by atoms with Crippen LogP contribution in [0.15, 0.2) is 24.3 Å². The minimum Gasteiger partial charge on any atom is -0.496 e. The summed E-state index contributed by atoms with van der Waals surface area (Å²) in [5, 5.41) is 0.607. The molecule has 2 N–H and O–H groups in total. The van der Waals surface area contributed by atoms with Crippen LogP contribution in [-0.4, -0.2) is 37.0 Å². The average Bonchev–Trinajstić information content (AvgIpc) is 2.83. The van der Waals surface area contributed by atoms with Crippen LogP contribution in [0.5, 0.6) is 5.75 Å². The highest BCUT2D eigenvalue weighted by Gasteiger charge is 2.21. The zero-order chi connectivity index (χ0) is 13.8. The molecule has 2 rings (SSSR count). The third-order valence-corrected chi connectivity index (χ3v) is 3.37. The van der Waals surface area contributed by atoms with Gasteiger partial charge in [-0.15, -0.1) is 12.4 Å². The minimum absolute atomic E-state index is 0. The fourth-order valence-electron chi connectivity index (χ4n) is 2.09. The lowest BCUT2D eigenvalue weighted by Gasteiger charge is -2.12. The number of ether oxygens (including phenoxy) is 1. The summed E-state index contributed by atoms with van der Waals surface area (Å²) in [4.78, 5) is 13.7. The predicted molar refractivity (Wildman–Crippen MR) is 83.5 cm³/mol. The van der Waals surface area contributed by atoms with Gasteiger partial charge in [0.1, 0.15) is 5.75 Å². The molecule has 0 aromatic heterocycles. The fraction of sp³-hybridized carbons (Fsp3) is 0.357. The molecule has 0 aliphatic carbocycles. The van der Waals surface area contributed by atoms with Gasteiger partial charge in [0, 0.05) is 35.8 Å². The number of methoxy groups -OCH3 is 1. The molecule has 4 nitrogen and oxygen atoms in total. The number of hydrogen-bond donors (Lipinski definition) is 1. The number of hydrogen-bond acceptors (Lipinski definition) is 3. The molecule has 1 aromatic rings. The Morgan fingerprint density at radius 1 is 1.55 bits per heavy atom. The van der Waals surface area contributed by atoms with Gasteiger partial charge < -0.3 is 15.4 Å². The van der Waals surface area contributed by atoms with Crippen molar-refractivity contribution < 1.29 is 9.53 Å². The number of likely N-dealkylation sites (tertiary alicyclic amines) is 1. The van der Waals surface area contributed by atoms with Gasteiger partial charge in [0.05, 0.1) is 7.11 Å². The van der Waals surface area contributed by atoms with Crippen LogP contribution >= 0.6 is 24.0 Å². The molecule has 110 valence electrons. The van der Waals surface area contributed by atoms with Crippen molar-refractivity contribution in [3.05, 3.63) is 34.9 Å². The monoisotopic (exact) mass is 316 g/mol. The third-order valence-electron chi connectivity index (χ3n) is 3.13. The van der Waals surface area contributed by atoms with Gasteiger partial charge in [0.2, 0.25) is 5.91 Å². The molecule has 1 aliphatic rings. The van der Waals surface area contributed by atoms with Crippen molar-refractivity contribution in [1.82, 2.24) is 4.90 Å². The lowest BCUT2D eigenvalue weighted by atomic mass is 10.2. The smallest absolute Gasteiger partial charge is 0.246 e. The molecule has 0 spiro atoms. The van der Waals surface area contributed by atoms with Crippen LogP contribution in [0.25, 0.3) is 6.08 Å². The van der Waals surface area contributed by atoms with Crippen molar-refractivity contribution in [3.63, 3.8) is 0 Å². The van der Waals surface area contributed by atoms with Crippen molar-refractivity contribution in [2.24, 2.45) is 5.73 Å². The first-order valence-electron chi connectivity index (χ1n) is 6.16. The van der Waals surface area contributed by atoms with E-state index in [1.54, 1.807) is 36.3 Å². The van der Waals surface area contributed by atoms with Gasteiger partial charge in [-0.3, -0.25) is 4.79 Å². The highest BCUT2D eigenvalue weighted by atomic mass is 35.5. The molecule has 1 saturated heterocycles. The number of halogens is 2. The maximum atomic E-state index is 12.0. The lowest BCUT2D eigenvalue weighted by Crippen LogP contribution is -2.30. The molecule has 20 heavy (non-hydrogen) atoms. The number of benzene rings is 1. The molecule has 1 atom stereocenters. The zero-order valence-corrected chi connectivity index (χ0v) is 12.8. The Labute approximate surface area is 129 Å². The lowest BCUT2D eigenvalue weighted by molar-refractivity contribution is -0.124. The van der Waals surface area contributed by atoms with Crippen LogP contribution in [0, 0.1) is 0 Å². The Bertz CT molecular complexity index is 506. The first kappa shape index (κ1) is 16.8. The number of carbonyl (C=O) groups is 1. The molecule has 1 amide bonds. The van der Waals surface area contributed by atoms with E-state index in [0.717, 1.165) is 18.5 Å². The Balaban J connectivity index is 0.00000200. The van der Waals surface area contributed by atoms with Gasteiger partial charge in [0.25, 0.3) is 0 Å². The number of rotatable bonds is 3. The quantitative estimate of drug-likeness (QED) is 0.871. The maximum Gasteiger partial charge on any atom is 0.246 e. The van der Waals surface area contributed by atoms with Gasteiger partial charge in [-0.25, -0.2) is 0 Å². The highest BCUT2D eigenvalue weighted by molar-refractivity contribution is 6.30. The van der Waals surface area contributed by atoms with E-state index >= 15 is 0 Å². The Morgan fingerprint density at radius 3 is 2.90 bits per heavy atom. The summed E-state index contributed by atoms with van der Waals surface area (Å²) in [5.41, 5.74) is 6.56. The number of amides is 1. The molecule has 0 unspecified atom stereocenters. The fourth-order valence-corrected chi connectivity index (χ4v) is 2.27. The van der Waals surface area contributed by atoms with E-state index in [-0.39, 0.29) is 24.4 Å². The summed E-state index contributed by atoms with van der Waals surface area (Å²) in [6.45, 7) is 1.34. The van der Waals surface area contributed by atoms with E-state index in [4.69, 9.17) is 22.1 Å². The van der Waals surface area contributed by atoms with E-state index in [0.29, 0.717) is 17.3 Å². The molecule has 1 heterocycles. The van der Waals surface area contributed by atoms with Crippen LogP contribution in [0.1, 0.15) is 12.0 Å². The normalized spacial score (nSPS) is 18.1. The van der Waals surface area contributed by atoms with Crippen LogP contribution in [0.4, 0.5) is 0 Å². The minimum atomic E-state index is -0.0324. The average molecular weight is 317 g/mol. The Hall–Kier alpha value is -1.23. The second-order valence-corrected chi connectivity index (χ2v) is 4.99. The largest absolute Gasteiger partial charge is 0.496 e. The predicted octanol–water partition coefficient (Wildman–Crippen LogP) is 2.34. The van der Waals surface area contributed by atoms with Gasteiger partial charge in [-0.05, 0) is 30.7 Å². The van der Waals surface area contributed by atoms with Crippen molar-refractivity contribution in [2.75, 3.05) is 20.2 Å². The number of nitrogens with zero attached hydrogens (tertiary/aromatic N) is 1. The number of nitrogens with two attached hydrogens (primary N) is 1. The second-order valence-electron chi connectivity index (χ2n) is 4.55. The topological polar surface area (TPSA) is 55.6 Å². The summed E-state index contributed by atoms with van der Waals surface area (Å²) in [5.74, 6) is 0.654. The summed E-state index contributed by atoms with van der Waals surface area (Å²) in [6.07, 6.45) is 4.11. The molecule has 1 aromatic carbocycles. The third kappa shape index (κ3) is 4.13. The van der Waals surface area contributed by atoms with E-state index in [9.17, 15) is 4.79 Å². The van der Waals surface area contributed by atoms with E-state index < -0.39 is 0 Å². The van der Waals surface area contributed by atoms with Crippen LogP contribution in [0.2, 0.25) is 5.02 Å². The van der Waals surface area contributed by atoms with Gasteiger partial charge in [0.15, 0.2) is 0 Å². The summed E-state index contributed by atoms with van der Waals surface area (Å²) < 4.78 is 5.22. The van der Waals surface area contributed by atoms with E-state index in [1.807, 2.05) is 0 Å². The standard InChI is InChI=1S/C14H17ClN2O2.ClH/c1-19-13-4-3-11(15)8-10(13)2-5-14(18)17-7-6-12(16)9-17;/h2-5,8,12H,6-7,9,16H2,1H3;1H/b5-2+;/t12-;/m1./s1. The molecule has 0 saturated carbocycles. The highest BCUT2D eigenvalue weighted by Crippen LogP contribution is 2.24. The number of carbonyl (C=O) groups excluding carboxylic acids is 1. The van der Waals surface area contributed by atoms with Crippen molar-refractivity contribution >= 4 is 36.0 Å².